The molecule has 0 radical (unpaired) electrons. The topological polar surface area (TPSA) is 55.4 Å². The van der Waals surface area contributed by atoms with Crippen molar-refractivity contribution in [2.45, 2.75) is 64.2 Å². The number of hydrogen-bond donors (Lipinski definition) is 0. The first-order valence-corrected chi connectivity index (χ1v) is 20.5. The Morgan fingerprint density at radius 1 is 0.548 bits per heavy atom. The fourth-order valence-electron chi connectivity index (χ4n) is 3.43. The summed E-state index contributed by atoms with van der Waals surface area (Å²) in [5, 5.41) is 0. The zero-order valence-electron chi connectivity index (χ0n) is 21.0. The van der Waals surface area contributed by atoms with E-state index in [2.05, 4.69) is 52.4 Å². The highest BCUT2D eigenvalue weighted by atomic mass is 28.5. The molecule has 9 heteroatoms. The smallest absolute Gasteiger partial charge is 0.311 e. The molecule has 0 aromatic heterocycles. The summed E-state index contributed by atoms with van der Waals surface area (Å²) in [6.07, 6.45) is 5.53. The van der Waals surface area contributed by atoms with Gasteiger partial charge in [-0.2, -0.15) is 0 Å². The van der Waals surface area contributed by atoms with Crippen LogP contribution in [0.4, 0.5) is 0 Å². The average molecular weight is 493 g/mol. The van der Waals surface area contributed by atoms with Gasteiger partial charge in [0.25, 0.3) is 0 Å². The van der Waals surface area contributed by atoms with Gasteiger partial charge in [0.15, 0.2) is 16.6 Å². The maximum Gasteiger partial charge on any atom is 0.311 e. The molecule has 0 heterocycles. The van der Waals surface area contributed by atoms with Gasteiger partial charge in [0.05, 0.1) is 39.6 Å². The predicted molar refractivity (Wildman–Crippen MR) is 137 cm³/mol. The van der Waals surface area contributed by atoms with E-state index in [4.69, 9.17) is 27.2 Å². The maximum absolute atomic E-state index is 6.65. The molecule has 0 atom stereocenters. The van der Waals surface area contributed by atoms with Crippen molar-refractivity contribution in [3.8, 4) is 0 Å². The van der Waals surface area contributed by atoms with Crippen molar-refractivity contribution >= 4 is 25.2 Å². The summed E-state index contributed by atoms with van der Waals surface area (Å²) in [6.45, 7) is 25.9. The van der Waals surface area contributed by atoms with Crippen LogP contribution in [0.2, 0.25) is 51.4 Å². The molecule has 0 aliphatic carbocycles. The van der Waals surface area contributed by atoms with Crippen LogP contribution in [0.1, 0.15) is 12.8 Å². The third kappa shape index (κ3) is 20.2. The van der Waals surface area contributed by atoms with Gasteiger partial charge in [-0.3, -0.25) is 0 Å². The van der Waals surface area contributed by atoms with E-state index < -0.39 is 25.2 Å². The molecule has 0 aromatic rings. The van der Waals surface area contributed by atoms with Crippen LogP contribution in [0, 0.1) is 0 Å². The molecule has 0 unspecified atom stereocenters. The lowest BCUT2D eigenvalue weighted by molar-refractivity contribution is 0.0584. The molecule has 6 nitrogen and oxygen atoms in total. The summed E-state index contributed by atoms with van der Waals surface area (Å²) in [7, 11) is -5.75. The summed E-state index contributed by atoms with van der Waals surface area (Å²) >= 11 is 0. The van der Waals surface area contributed by atoms with E-state index in [1.165, 1.54) is 0 Å². The Morgan fingerprint density at radius 3 is 1.26 bits per heavy atom. The van der Waals surface area contributed by atoms with Crippen molar-refractivity contribution in [1.29, 1.82) is 0 Å². The number of ether oxygens (including phenoxy) is 4. The molecule has 0 aliphatic rings. The van der Waals surface area contributed by atoms with Gasteiger partial charge in [-0.25, -0.2) is 0 Å². The van der Waals surface area contributed by atoms with Crippen LogP contribution in [0.3, 0.4) is 0 Å². The van der Waals surface area contributed by atoms with Crippen molar-refractivity contribution in [3.63, 3.8) is 0 Å². The van der Waals surface area contributed by atoms with E-state index in [-0.39, 0.29) is 0 Å². The molecular formula is C22H48O6Si3. The Kier molecular flexibility index (Phi) is 17.3. The standard InChI is InChI=1S/C22H48O6Si3/c1-9-13-23-17-19-25-15-11-21-29(3,4)27-31(7,8)28-30(5,6)22-12-16-26-20-18-24-14-10-2/h9-10H,1-2,11-22H2,3-8H3. The fourth-order valence-corrected chi connectivity index (χ4v) is 17.4. The molecule has 0 rings (SSSR count). The first-order valence-electron chi connectivity index (χ1n) is 11.5. The Hall–Kier alpha value is -0.109. The second-order valence-corrected chi connectivity index (χ2v) is 21.8. The van der Waals surface area contributed by atoms with Crippen LogP contribution in [0.5, 0.6) is 0 Å². The molecule has 31 heavy (non-hydrogen) atoms. The van der Waals surface area contributed by atoms with E-state index >= 15 is 0 Å². The van der Waals surface area contributed by atoms with Crippen LogP contribution in [0.15, 0.2) is 25.3 Å². The second kappa shape index (κ2) is 17.4. The Morgan fingerprint density at radius 2 is 0.903 bits per heavy atom. The van der Waals surface area contributed by atoms with E-state index in [0.717, 1.165) is 38.1 Å². The lowest BCUT2D eigenvalue weighted by Gasteiger charge is -2.38. The molecule has 184 valence electrons. The molecule has 0 bridgehead atoms. The molecule has 0 N–H and O–H groups in total. The Labute approximate surface area is 194 Å². The van der Waals surface area contributed by atoms with E-state index in [1.54, 1.807) is 12.2 Å². The maximum atomic E-state index is 6.65. The van der Waals surface area contributed by atoms with Gasteiger partial charge in [-0.05, 0) is 64.2 Å². The highest BCUT2D eigenvalue weighted by Gasteiger charge is 2.39. The van der Waals surface area contributed by atoms with Gasteiger partial charge < -0.3 is 27.2 Å². The summed E-state index contributed by atoms with van der Waals surface area (Å²) in [5.41, 5.74) is 0. The van der Waals surface area contributed by atoms with Crippen molar-refractivity contribution < 1.29 is 27.2 Å². The SMILES string of the molecule is C=CCOCCOCCC[Si](C)(C)O[Si](C)(C)O[Si](C)(C)CCCOCCOCC=C. The van der Waals surface area contributed by atoms with Gasteiger partial charge in [-0.15, -0.1) is 13.2 Å². The van der Waals surface area contributed by atoms with E-state index in [0.29, 0.717) is 39.6 Å². The minimum atomic E-state index is -2.17. The van der Waals surface area contributed by atoms with Crippen molar-refractivity contribution in [2.75, 3.05) is 52.9 Å². The predicted octanol–water partition coefficient (Wildman–Crippen LogP) is 5.35. The zero-order valence-corrected chi connectivity index (χ0v) is 24.0. The largest absolute Gasteiger partial charge is 0.437 e. The fraction of sp³-hybridized carbons (Fsp3) is 0.818. The molecule has 0 fully saturated rings. The van der Waals surface area contributed by atoms with Gasteiger partial charge in [-0.1, -0.05) is 12.2 Å². The summed E-state index contributed by atoms with van der Waals surface area (Å²) in [6, 6.07) is 2.15. The summed E-state index contributed by atoms with van der Waals surface area (Å²) in [5.74, 6) is 0. The quantitative estimate of drug-likeness (QED) is 0.115. The van der Waals surface area contributed by atoms with Crippen LogP contribution in [-0.4, -0.2) is 78.1 Å². The third-order valence-electron chi connectivity index (χ3n) is 4.39. The highest BCUT2D eigenvalue weighted by molar-refractivity contribution is 6.87. The van der Waals surface area contributed by atoms with Crippen LogP contribution < -0.4 is 0 Å². The molecule has 0 amide bonds. The minimum Gasteiger partial charge on any atom is -0.437 e. The molecule has 0 spiro atoms. The van der Waals surface area contributed by atoms with E-state index in [1.807, 2.05) is 0 Å². The minimum absolute atomic E-state index is 0.578. The van der Waals surface area contributed by atoms with E-state index in [9.17, 15) is 0 Å². The van der Waals surface area contributed by atoms with Crippen LogP contribution in [-0.2, 0) is 27.2 Å². The second-order valence-electron chi connectivity index (χ2n) is 9.28. The normalized spacial score (nSPS) is 12.8. The van der Waals surface area contributed by atoms with Crippen LogP contribution >= 0.6 is 0 Å². The van der Waals surface area contributed by atoms with Gasteiger partial charge in [0.1, 0.15) is 0 Å². The average Bonchev–Trinajstić information content (AvgIpc) is 2.64. The zero-order chi connectivity index (χ0) is 23.6. The number of hydrogen-bond acceptors (Lipinski definition) is 6. The van der Waals surface area contributed by atoms with Gasteiger partial charge >= 0.3 is 8.56 Å². The molecular weight excluding hydrogens is 444 g/mol. The molecule has 0 aliphatic heterocycles. The van der Waals surface area contributed by atoms with Crippen molar-refractivity contribution in [3.05, 3.63) is 25.3 Å². The first kappa shape index (κ1) is 30.9. The summed E-state index contributed by atoms with van der Waals surface area (Å²) < 4.78 is 35.2. The highest BCUT2D eigenvalue weighted by Crippen LogP contribution is 2.26. The third-order valence-corrected chi connectivity index (χ3v) is 15.9. The molecule has 0 saturated carbocycles. The lowest BCUT2D eigenvalue weighted by atomic mass is 10.5. The lowest BCUT2D eigenvalue weighted by Crippen LogP contribution is -2.52. The monoisotopic (exact) mass is 492 g/mol. The van der Waals surface area contributed by atoms with Crippen molar-refractivity contribution in [2.24, 2.45) is 0 Å². The first-order chi connectivity index (χ1) is 14.5. The van der Waals surface area contributed by atoms with Gasteiger partial charge in [0.2, 0.25) is 0 Å². The Balaban J connectivity index is 4.08. The van der Waals surface area contributed by atoms with Gasteiger partial charge in [0, 0.05) is 13.2 Å². The number of rotatable bonds is 22. The van der Waals surface area contributed by atoms with Crippen LogP contribution in [0.25, 0.3) is 0 Å². The molecule has 0 saturated heterocycles. The molecule has 0 aromatic carbocycles. The van der Waals surface area contributed by atoms with Crippen molar-refractivity contribution in [1.82, 2.24) is 0 Å². The Bertz CT molecular complexity index is 432. The summed E-state index contributed by atoms with van der Waals surface area (Å²) in [4.78, 5) is 0.